The third-order valence-electron chi connectivity index (χ3n) is 4.19. The Kier molecular flexibility index (Phi) is 3.39. The van der Waals surface area contributed by atoms with Crippen LogP contribution in [0.3, 0.4) is 0 Å². The van der Waals surface area contributed by atoms with E-state index in [4.69, 9.17) is 9.47 Å². The van der Waals surface area contributed by atoms with Crippen molar-refractivity contribution < 1.29 is 23.9 Å². The standard InChI is InChI=1S/C15H17N3O5/c1-8(12(19)16-3)18-13(20)15(2,17-14(18)21)9-4-5-10-11(6-9)23-7-22-10/h4-6,8H,7H2,1-3H3,(H,16,19)(H,17,21)/t8-,15-/m0/s1. The minimum Gasteiger partial charge on any atom is -0.454 e. The molecule has 8 heteroatoms. The van der Waals surface area contributed by atoms with E-state index in [-0.39, 0.29) is 6.79 Å². The van der Waals surface area contributed by atoms with Gasteiger partial charge in [0.25, 0.3) is 5.91 Å². The lowest BCUT2D eigenvalue weighted by Gasteiger charge is -2.24. The summed E-state index contributed by atoms with van der Waals surface area (Å²) in [6.07, 6.45) is 0. The van der Waals surface area contributed by atoms with E-state index in [0.717, 1.165) is 4.90 Å². The molecule has 0 spiro atoms. The first-order chi connectivity index (χ1) is 10.9. The highest BCUT2D eigenvalue weighted by atomic mass is 16.7. The number of urea groups is 1. The fraction of sp³-hybridized carbons (Fsp3) is 0.400. The van der Waals surface area contributed by atoms with Crippen LogP contribution in [0.25, 0.3) is 0 Å². The largest absolute Gasteiger partial charge is 0.454 e. The topological polar surface area (TPSA) is 97.0 Å². The summed E-state index contributed by atoms with van der Waals surface area (Å²) in [5, 5.41) is 5.09. The molecule has 1 fully saturated rings. The maximum Gasteiger partial charge on any atom is 0.326 e. The van der Waals surface area contributed by atoms with E-state index >= 15 is 0 Å². The van der Waals surface area contributed by atoms with Crippen LogP contribution in [-0.2, 0) is 15.1 Å². The normalized spacial score (nSPS) is 23.7. The number of fused-ring (bicyclic) bond motifs is 1. The molecule has 3 rings (SSSR count). The van der Waals surface area contributed by atoms with E-state index in [1.807, 2.05) is 0 Å². The van der Waals surface area contributed by atoms with E-state index in [2.05, 4.69) is 10.6 Å². The van der Waals surface area contributed by atoms with E-state index in [1.54, 1.807) is 25.1 Å². The van der Waals surface area contributed by atoms with Gasteiger partial charge in [-0.2, -0.15) is 0 Å². The van der Waals surface area contributed by atoms with Crippen molar-refractivity contribution in [2.24, 2.45) is 0 Å². The van der Waals surface area contributed by atoms with Crippen molar-refractivity contribution in [3.05, 3.63) is 23.8 Å². The minimum absolute atomic E-state index is 0.121. The van der Waals surface area contributed by atoms with E-state index in [9.17, 15) is 14.4 Å². The summed E-state index contributed by atoms with van der Waals surface area (Å²) in [5.74, 6) is 0.203. The molecule has 1 aromatic rings. The zero-order valence-electron chi connectivity index (χ0n) is 13.0. The number of nitrogens with zero attached hydrogens (tertiary/aromatic N) is 1. The molecule has 0 saturated carbocycles. The zero-order chi connectivity index (χ0) is 16.8. The van der Waals surface area contributed by atoms with Crippen molar-refractivity contribution in [2.45, 2.75) is 25.4 Å². The molecule has 0 bridgehead atoms. The second-order valence-electron chi connectivity index (χ2n) is 5.59. The van der Waals surface area contributed by atoms with Crippen molar-refractivity contribution in [3.63, 3.8) is 0 Å². The number of imide groups is 1. The van der Waals surface area contributed by atoms with Gasteiger partial charge >= 0.3 is 6.03 Å². The van der Waals surface area contributed by atoms with Gasteiger partial charge in [-0.15, -0.1) is 0 Å². The van der Waals surface area contributed by atoms with Crippen molar-refractivity contribution in [1.29, 1.82) is 0 Å². The molecule has 0 unspecified atom stereocenters. The second kappa shape index (κ2) is 5.15. The van der Waals surface area contributed by atoms with Gasteiger partial charge in [-0.25, -0.2) is 9.69 Å². The predicted molar refractivity (Wildman–Crippen MR) is 78.8 cm³/mol. The number of carbonyl (C=O) groups is 3. The molecule has 122 valence electrons. The Bertz CT molecular complexity index is 704. The molecule has 0 radical (unpaired) electrons. The number of hydrogen-bond donors (Lipinski definition) is 2. The number of carbonyl (C=O) groups excluding carboxylic acids is 3. The summed E-state index contributed by atoms with van der Waals surface area (Å²) in [5.41, 5.74) is -0.702. The molecule has 1 aromatic carbocycles. The highest BCUT2D eigenvalue weighted by molar-refractivity contribution is 6.09. The molecule has 2 heterocycles. The third kappa shape index (κ3) is 2.18. The average Bonchev–Trinajstić information content (AvgIpc) is 3.09. The van der Waals surface area contributed by atoms with Gasteiger partial charge in [0.2, 0.25) is 12.7 Å². The van der Waals surface area contributed by atoms with Gasteiger partial charge in [0, 0.05) is 7.05 Å². The quantitative estimate of drug-likeness (QED) is 0.782. The first-order valence-electron chi connectivity index (χ1n) is 7.16. The van der Waals surface area contributed by atoms with Crippen LogP contribution >= 0.6 is 0 Å². The van der Waals surface area contributed by atoms with Crippen LogP contribution in [0, 0.1) is 0 Å². The van der Waals surface area contributed by atoms with Gasteiger partial charge in [0.15, 0.2) is 11.5 Å². The molecule has 4 amide bonds. The van der Waals surface area contributed by atoms with E-state index < -0.39 is 29.4 Å². The van der Waals surface area contributed by atoms with Crippen LogP contribution in [0.5, 0.6) is 11.5 Å². The highest BCUT2D eigenvalue weighted by Crippen LogP contribution is 2.38. The zero-order valence-corrected chi connectivity index (χ0v) is 13.0. The van der Waals surface area contributed by atoms with Crippen LogP contribution < -0.4 is 20.1 Å². The molecule has 23 heavy (non-hydrogen) atoms. The smallest absolute Gasteiger partial charge is 0.326 e. The summed E-state index contributed by atoms with van der Waals surface area (Å²) in [6, 6.07) is 3.54. The maximum atomic E-state index is 12.8. The predicted octanol–water partition coefficient (Wildman–Crippen LogP) is 0.317. The number of benzene rings is 1. The molecule has 2 aliphatic rings. The third-order valence-corrected chi connectivity index (χ3v) is 4.19. The van der Waals surface area contributed by atoms with Gasteiger partial charge in [-0.3, -0.25) is 9.59 Å². The first-order valence-corrected chi connectivity index (χ1v) is 7.16. The average molecular weight is 319 g/mol. The van der Waals surface area contributed by atoms with Gasteiger partial charge in [-0.05, 0) is 31.5 Å². The van der Waals surface area contributed by atoms with Crippen LogP contribution in [0.2, 0.25) is 0 Å². The number of ether oxygens (including phenoxy) is 2. The van der Waals surface area contributed by atoms with Gasteiger partial charge < -0.3 is 20.1 Å². The molecule has 2 N–H and O–H groups in total. The monoisotopic (exact) mass is 319 g/mol. The minimum atomic E-state index is -1.26. The van der Waals surface area contributed by atoms with E-state index in [0.29, 0.717) is 17.1 Å². The molecule has 2 atom stereocenters. The van der Waals surface area contributed by atoms with Crippen LogP contribution in [0.15, 0.2) is 18.2 Å². The lowest BCUT2D eigenvalue weighted by molar-refractivity contribution is -0.137. The molecule has 1 saturated heterocycles. The van der Waals surface area contributed by atoms with Crippen molar-refractivity contribution in [2.75, 3.05) is 13.8 Å². The Morgan fingerprint density at radius 1 is 1.35 bits per heavy atom. The summed E-state index contributed by atoms with van der Waals surface area (Å²) in [4.78, 5) is 37.7. The molecular formula is C15H17N3O5. The maximum absolute atomic E-state index is 12.8. The molecule has 0 aromatic heterocycles. The first kappa shape index (κ1) is 15.1. The number of hydrogen-bond acceptors (Lipinski definition) is 5. The summed E-state index contributed by atoms with van der Waals surface area (Å²) < 4.78 is 10.6. The van der Waals surface area contributed by atoms with Gasteiger partial charge in [0.1, 0.15) is 11.6 Å². The Labute approximate surface area is 132 Å². The number of likely N-dealkylation sites (N-methyl/N-ethyl adjacent to an activating group) is 1. The molecular weight excluding hydrogens is 302 g/mol. The van der Waals surface area contributed by atoms with Crippen molar-refractivity contribution >= 4 is 17.8 Å². The van der Waals surface area contributed by atoms with Crippen LogP contribution in [0.4, 0.5) is 4.79 Å². The fourth-order valence-electron chi connectivity index (χ4n) is 2.74. The summed E-state index contributed by atoms with van der Waals surface area (Å²) in [6.45, 7) is 3.22. The fourth-order valence-corrected chi connectivity index (χ4v) is 2.74. The molecule has 2 aliphatic heterocycles. The summed E-state index contributed by atoms with van der Waals surface area (Å²) in [7, 11) is 1.45. The highest BCUT2D eigenvalue weighted by Gasteiger charge is 2.52. The SMILES string of the molecule is CNC(=O)[C@H](C)N1C(=O)N[C@@](C)(c2ccc3c(c2)OCO3)C1=O. The Hall–Kier alpha value is -2.77. The Balaban J connectivity index is 1.95. The van der Waals surface area contributed by atoms with Crippen LogP contribution in [0.1, 0.15) is 19.4 Å². The number of nitrogens with one attached hydrogen (secondary N) is 2. The Morgan fingerprint density at radius 3 is 2.74 bits per heavy atom. The lowest BCUT2D eigenvalue weighted by atomic mass is 9.91. The van der Waals surface area contributed by atoms with Gasteiger partial charge in [-0.1, -0.05) is 6.07 Å². The molecule has 8 nitrogen and oxygen atoms in total. The van der Waals surface area contributed by atoms with E-state index in [1.165, 1.54) is 14.0 Å². The van der Waals surface area contributed by atoms with Gasteiger partial charge in [0.05, 0.1) is 0 Å². The number of amides is 4. The number of rotatable bonds is 3. The van der Waals surface area contributed by atoms with Crippen molar-refractivity contribution in [1.82, 2.24) is 15.5 Å². The summed E-state index contributed by atoms with van der Waals surface area (Å²) >= 11 is 0. The van der Waals surface area contributed by atoms with Crippen molar-refractivity contribution in [3.8, 4) is 11.5 Å². The van der Waals surface area contributed by atoms with Crippen LogP contribution in [-0.4, -0.2) is 42.6 Å². The Morgan fingerprint density at radius 2 is 2.04 bits per heavy atom. The molecule has 0 aliphatic carbocycles. The lowest BCUT2D eigenvalue weighted by Crippen LogP contribution is -2.48. The second-order valence-corrected chi connectivity index (χ2v) is 5.59.